The number of hydrogen-bond donors (Lipinski definition) is 1. The van der Waals surface area contributed by atoms with E-state index in [1.165, 1.54) is 4.90 Å². The summed E-state index contributed by atoms with van der Waals surface area (Å²) in [6.45, 7) is -0.351. The van der Waals surface area contributed by atoms with Gasteiger partial charge < -0.3 is 15.0 Å². The monoisotopic (exact) mass is 655 g/mol. The second-order valence-corrected chi connectivity index (χ2v) is 13.5. The van der Waals surface area contributed by atoms with Crippen LogP contribution in [0.15, 0.2) is 83.3 Å². The van der Waals surface area contributed by atoms with Crippen molar-refractivity contribution < 1.29 is 22.7 Å². The molecule has 1 aliphatic carbocycles. The van der Waals surface area contributed by atoms with Gasteiger partial charge in [0.1, 0.15) is 18.3 Å². The van der Waals surface area contributed by atoms with Gasteiger partial charge in [-0.3, -0.25) is 13.9 Å². The van der Waals surface area contributed by atoms with Crippen molar-refractivity contribution in [3.8, 4) is 5.75 Å². The van der Waals surface area contributed by atoms with Crippen LogP contribution >= 0.6 is 15.9 Å². The Morgan fingerprint density at radius 2 is 1.62 bits per heavy atom. The standard InChI is InChI=1S/C32H38BrN3O5S/c1-41-29-15-9-12-25(20-29)22-35(31(37)23-36(42(2,39)40)28-18-16-26(33)17-19-28)30(21-24-10-5-3-6-11-24)32(38)34-27-13-7-4-8-14-27/h3,5-6,9-12,15-20,27,30H,4,7-8,13-14,21-23H2,1-2H3,(H,34,38). The highest BCUT2D eigenvalue weighted by Crippen LogP contribution is 2.24. The van der Waals surface area contributed by atoms with Crippen LogP contribution in [0, 0.1) is 0 Å². The lowest BCUT2D eigenvalue weighted by Crippen LogP contribution is -2.55. The van der Waals surface area contributed by atoms with Crippen LogP contribution in [0.2, 0.25) is 0 Å². The Morgan fingerprint density at radius 3 is 2.26 bits per heavy atom. The normalized spacial score (nSPS) is 14.5. The van der Waals surface area contributed by atoms with Gasteiger partial charge in [0.05, 0.1) is 19.1 Å². The first-order chi connectivity index (χ1) is 20.1. The lowest BCUT2D eigenvalue weighted by atomic mass is 9.94. The average Bonchev–Trinajstić information content (AvgIpc) is 2.98. The smallest absolute Gasteiger partial charge is 0.244 e. The highest BCUT2D eigenvalue weighted by atomic mass is 79.9. The largest absolute Gasteiger partial charge is 0.497 e. The van der Waals surface area contributed by atoms with Crippen molar-refractivity contribution in [2.75, 3.05) is 24.2 Å². The third-order valence-electron chi connectivity index (χ3n) is 7.50. The van der Waals surface area contributed by atoms with Gasteiger partial charge in [0.15, 0.2) is 0 Å². The van der Waals surface area contributed by atoms with Crippen molar-refractivity contribution >= 4 is 43.5 Å². The summed E-state index contributed by atoms with van der Waals surface area (Å²) < 4.78 is 33.1. The maximum atomic E-state index is 14.2. The summed E-state index contributed by atoms with van der Waals surface area (Å²) in [6, 6.07) is 22.8. The minimum absolute atomic E-state index is 0.0496. The van der Waals surface area contributed by atoms with Crippen molar-refractivity contribution in [1.82, 2.24) is 10.2 Å². The Bertz CT molecular complexity index is 1440. The topological polar surface area (TPSA) is 96.0 Å². The number of sulfonamides is 1. The Hall–Kier alpha value is -3.37. The van der Waals surface area contributed by atoms with Gasteiger partial charge in [-0.1, -0.05) is 77.7 Å². The first kappa shape index (κ1) is 31.6. The Kier molecular flexibility index (Phi) is 11.0. The molecular formula is C32H38BrN3O5S. The highest BCUT2D eigenvalue weighted by molar-refractivity contribution is 9.10. The Balaban J connectivity index is 1.72. The van der Waals surface area contributed by atoms with E-state index in [0.29, 0.717) is 11.4 Å². The minimum atomic E-state index is -3.82. The van der Waals surface area contributed by atoms with Crippen molar-refractivity contribution in [1.29, 1.82) is 0 Å². The minimum Gasteiger partial charge on any atom is -0.497 e. The molecule has 0 bridgehead atoms. The van der Waals surface area contributed by atoms with E-state index in [-0.39, 0.29) is 24.9 Å². The fourth-order valence-corrected chi connectivity index (χ4v) is 6.40. The first-order valence-corrected chi connectivity index (χ1v) is 16.8. The molecule has 42 heavy (non-hydrogen) atoms. The highest BCUT2D eigenvalue weighted by Gasteiger charge is 2.34. The van der Waals surface area contributed by atoms with Gasteiger partial charge in [0, 0.05) is 23.5 Å². The molecule has 1 aliphatic rings. The SMILES string of the molecule is COc1cccc(CN(C(=O)CN(c2ccc(Br)cc2)S(C)(=O)=O)C(Cc2ccccc2)C(=O)NC2CCCCC2)c1. The first-order valence-electron chi connectivity index (χ1n) is 14.1. The number of anilines is 1. The summed E-state index contributed by atoms with van der Waals surface area (Å²) in [6.07, 6.45) is 6.42. The van der Waals surface area contributed by atoms with Gasteiger partial charge in [-0.05, 0) is 60.4 Å². The number of hydrogen-bond acceptors (Lipinski definition) is 5. The van der Waals surface area contributed by atoms with Crippen LogP contribution in [-0.4, -0.2) is 57.1 Å². The molecule has 1 unspecified atom stereocenters. The van der Waals surface area contributed by atoms with Crippen LogP contribution in [0.4, 0.5) is 5.69 Å². The molecule has 0 saturated heterocycles. The van der Waals surface area contributed by atoms with E-state index >= 15 is 0 Å². The number of methoxy groups -OCH3 is 1. The van der Waals surface area contributed by atoms with E-state index in [4.69, 9.17) is 4.74 Å². The van der Waals surface area contributed by atoms with E-state index in [0.717, 1.165) is 58.3 Å². The molecule has 2 amide bonds. The molecule has 1 saturated carbocycles. The zero-order chi connectivity index (χ0) is 30.1. The van der Waals surface area contributed by atoms with E-state index in [2.05, 4.69) is 21.2 Å². The predicted octanol–water partition coefficient (Wildman–Crippen LogP) is 5.31. The van der Waals surface area contributed by atoms with E-state index in [1.54, 1.807) is 31.4 Å². The van der Waals surface area contributed by atoms with Crippen LogP contribution < -0.4 is 14.4 Å². The molecule has 0 spiro atoms. The number of carbonyl (C=O) groups is 2. The molecule has 3 aromatic carbocycles. The van der Waals surface area contributed by atoms with Crippen molar-refractivity contribution in [2.45, 2.75) is 57.2 Å². The van der Waals surface area contributed by atoms with Gasteiger partial charge in [-0.15, -0.1) is 0 Å². The fraction of sp³-hybridized carbons (Fsp3) is 0.375. The number of carbonyl (C=O) groups excluding carboxylic acids is 2. The number of nitrogens with one attached hydrogen (secondary N) is 1. The summed E-state index contributed by atoms with van der Waals surface area (Å²) in [5.74, 6) is -0.0961. The molecule has 0 aliphatic heterocycles. The molecule has 0 aromatic heterocycles. The second kappa shape index (κ2) is 14.7. The van der Waals surface area contributed by atoms with E-state index < -0.39 is 28.5 Å². The third-order valence-corrected chi connectivity index (χ3v) is 9.17. The lowest BCUT2D eigenvalue weighted by Gasteiger charge is -2.35. The number of nitrogens with zero attached hydrogens (tertiary/aromatic N) is 2. The maximum Gasteiger partial charge on any atom is 0.244 e. The number of amides is 2. The number of ether oxygens (including phenoxy) is 1. The molecule has 0 heterocycles. The molecule has 0 radical (unpaired) electrons. The third kappa shape index (κ3) is 8.82. The zero-order valence-electron chi connectivity index (χ0n) is 24.0. The van der Waals surface area contributed by atoms with Gasteiger partial charge in [0.25, 0.3) is 0 Å². The van der Waals surface area contributed by atoms with Gasteiger partial charge >= 0.3 is 0 Å². The molecule has 10 heteroatoms. The maximum absolute atomic E-state index is 14.2. The van der Waals surface area contributed by atoms with E-state index in [1.807, 2.05) is 54.6 Å². The lowest BCUT2D eigenvalue weighted by molar-refractivity contribution is -0.140. The summed E-state index contributed by atoms with van der Waals surface area (Å²) in [5.41, 5.74) is 2.03. The zero-order valence-corrected chi connectivity index (χ0v) is 26.4. The van der Waals surface area contributed by atoms with E-state index in [9.17, 15) is 18.0 Å². The summed E-state index contributed by atoms with van der Waals surface area (Å²) >= 11 is 3.38. The Morgan fingerprint density at radius 1 is 0.952 bits per heavy atom. The summed E-state index contributed by atoms with van der Waals surface area (Å²) in [7, 11) is -2.25. The molecule has 3 aromatic rings. The fourth-order valence-electron chi connectivity index (χ4n) is 5.29. The average molecular weight is 657 g/mol. The molecule has 8 nitrogen and oxygen atoms in total. The number of benzene rings is 3. The van der Waals surface area contributed by atoms with Gasteiger partial charge in [-0.2, -0.15) is 0 Å². The molecule has 4 rings (SSSR count). The summed E-state index contributed by atoms with van der Waals surface area (Å²) in [4.78, 5) is 29.7. The predicted molar refractivity (Wildman–Crippen MR) is 169 cm³/mol. The van der Waals surface area contributed by atoms with Crippen LogP contribution in [-0.2, 0) is 32.6 Å². The molecule has 1 N–H and O–H groups in total. The van der Waals surface area contributed by atoms with Crippen LogP contribution in [0.25, 0.3) is 0 Å². The quantitative estimate of drug-likeness (QED) is 0.285. The van der Waals surface area contributed by atoms with Gasteiger partial charge in [0.2, 0.25) is 21.8 Å². The molecular weight excluding hydrogens is 618 g/mol. The van der Waals surface area contributed by atoms with Crippen LogP contribution in [0.3, 0.4) is 0 Å². The molecule has 224 valence electrons. The second-order valence-electron chi connectivity index (χ2n) is 10.7. The van der Waals surface area contributed by atoms with Crippen LogP contribution in [0.5, 0.6) is 5.75 Å². The van der Waals surface area contributed by atoms with Crippen molar-refractivity contribution in [2.24, 2.45) is 0 Å². The molecule has 1 fully saturated rings. The Labute approximate surface area is 257 Å². The van der Waals surface area contributed by atoms with Crippen molar-refractivity contribution in [3.05, 3.63) is 94.5 Å². The number of halogens is 1. The van der Waals surface area contributed by atoms with Crippen molar-refractivity contribution in [3.63, 3.8) is 0 Å². The summed E-state index contributed by atoms with van der Waals surface area (Å²) in [5, 5.41) is 3.21. The van der Waals surface area contributed by atoms with Gasteiger partial charge in [-0.25, -0.2) is 8.42 Å². The number of rotatable bonds is 12. The molecule has 1 atom stereocenters. The van der Waals surface area contributed by atoms with Crippen LogP contribution in [0.1, 0.15) is 43.2 Å².